The Labute approximate surface area is 148 Å². The zero-order valence-electron chi connectivity index (χ0n) is 12.8. The Morgan fingerprint density at radius 3 is 2.92 bits per heavy atom. The fourth-order valence-electron chi connectivity index (χ4n) is 2.84. The lowest BCUT2D eigenvalue weighted by atomic mass is 10.1. The number of anilines is 1. The maximum atomic E-state index is 12.1. The van der Waals surface area contributed by atoms with Crippen molar-refractivity contribution < 1.29 is 22.7 Å². The van der Waals surface area contributed by atoms with Gasteiger partial charge in [0, 0.05) is 11.0 Å². The number of carbonyl (C=O) groups excluding carboxylic acids is 2. The topological polar surface area (TPSA) is 92.8 Å². The van der Waals surface area contributed by atoms with E-state index in [-0.39, 0.29) is 42.4 Å². The van der Waals surface area contributed by atoms with E-state index in [0.29, 0.717) is 24.4 Å². The van der Waals surface area contributed by atoms with Gasteiger partial charge in [-0.1, -0.05) is 15.9 Å². The number of nitrogens with one attached hydrogen (secondary N) is 1. The summed E-state index contributed by atoms with van der Waals surface area (Å²) in [4.78, 5) is 25.6. The molecule has 3 rings (SSSR count). The number of hydrogen-bond acceptors (Lipinski definition) is 5. The van der Waals surface area contributed by atoms with E-state index in [1.165, 1.54) is 4.90 Å². The molecule has 2 aliphatic heterocycles. The lowest BCUT2D eigenvalue weighted by Gasteiger charge is -2.29. The van der Waals surface area contributed by atoms with Crippen molar-refractivity contribution in [2.24, 2.45) is 5.92 Å². The van der Waals surface area contributed by atoms with E-state index in [2.05, 4.69) is 21.2 Å². The first-order valence-corrected chi connectivity index (χ1v) is 10.2. The van der Waals surface area contributed by atoms with E-state index in [9.17, 15) is 18.0 Å². The van der Waals surface area contributed by atoms with Crippen LogP contribution >= 0.6 is 15.9 Å². The van der Waals surface area contributed by atoms with Crippen molar-refractivity contribution in [1.82, 2.24) is 5.32 Å². The third-order valence-electron chi connectivity index (χ3n) is 4.08. The first-order chi connectivity index (χ1) is 11.3. The molecular weight excluding hydrogens is 400 g/mol. The maximum Gasteiger partial charge on any atom is 0.265 e. The quantitative estimate of drug-likeness (QED) is 0.780. The Bertz CT molecular complexity index is 780. The van der Waals surface area contributed by atoms with Crippen molar-refractivity contribution in [2.45, 2.75) is 6.42 Å². The lowest BCUT2D eigenvalue weighted by Crippen LogP contribution is -2.45. The van der Waals surface area contributed by atoms with Gasteiger partial charge < -0.3 is 10.1 Å². The van der Waals surface area contributed by atoms with E-state index in [1.807, 2.05) is 0 Å². The van der Waals surface area contributed by atoms with Crippen LogP contribution in [0.5, 0.6) is 5.75 Å². The molecule has 1 atom stereocenters. The average molecular weight is 417 g/mol. The molecule has 2 heterocycles. The number of fused-ring (bicyclic) bond motifs is 1. The van der Waals surface area contributed by atoms with Gasteiger partial charge in [-0.3, -0.25) is 14.5 Å². The Balaban J connectivity index is 1.61. The molecule has 0 spiro atoms. The molecule has 1 aromatic carbocycles. The monoisotopic (exact) mass is 416 g/mol. The van der Waals surface area contributed by atoms with Crippen molar-refractivity contribution in [3.8, 4) is 5.75 Å². The van der Waals surface area contributed by atoms with Gasteiger partial charge >= 0.3 is 0 Å². The molecule has 1 unspecified atom stereocenters. The fourth-order valence-corrected chi connectivity index (χ4v) is 5.04. The van der Waals surface area contributed by atoms with Gasteiger partial charge in [0.15, 0.2) is 16.4 Å². The molecule has 0 aromatic heterocycles. The largest absolute Gasteiger partial charge is 0.482 e. The van der Waals surface area contributed by atoms with Gasteiger partial charge in [-0.25, -0.2) is 8.42 Å². The Kier molecular flexibility index (Phi) is 4.82. The van der Waals surface area contributed by atoms with Crippen LogP contribution in [0.25, 0.3) is 0 Å². The summed E-state index contributed by atoms with van der Waals surface area (Å²) in [5.74, 6) is 0.173. The van der Waals surface area contributed by atoms with Crippen LogP contribution in [-0.4, -0.2) is 51.4 Å². The SMILES string of the molecule is O=C(CN1C(=O)COc2cc(Br)ccc21)NCC1CCS(=O)(=O)C1. The van der Waals surface area contributed by atoms with E-state index < -0.39 is 9.84 Å². The Hall–Kier alpha value is -1.61. The maximum absolute atomic E-state index is 12.1. The van der Waals surface area contributed by atoms with Crippen molar-refractivity contribution in [3.05, 3.63) is 22.7 Å². The second-order valence-electron chi connectivity index (χ2n) is 5.95. The summed E-state index contributed by atoms with van der Waals surface area (Å²) in [5.41, 5.74) is 0.549. The summed E-state index contributed by atoms with van der Waals surface area (Å²) in [5, 5.41) is 2.73. The van der Waals surface area contributed by atoms with Crippen LogP contribution in [0.1, 0.15) is 6.42 Å². The van der Waals surface area contributed by atoms with Gasteiger partial charge in [0.05, 0.1) is 17.2 Å². The molecule has 0 aliphatic carbocycles. The van der Waals surface area contributed by atoms with Crippen LogP contribution in [0.4, 0.5) is 5.69 Å². The van der Waals surface area contributed by atoms with Gasteiger partial charge in [-0.15, -0.1) is 0 Å². The first kappa shape index (κ1) is 17.2. The number of ether oxygens (including phenoxy) is 1. The summed E-state index contributed by atoms with van der Waals surface area (Å²) >= 11 is 3.34. The first-order valence-electron chi connectivity index (χ1n) is 7.54. The lowest BCUT2D eigenvalue weighted by molar-refractivity contribution is -0.125. The molecule has 0 bridgehead atoms. The molecule has 0 saturated carbocycles. The predicted octanol–water partition coefficient (Wildman–Crippen LogP) is 0.725. The highest BCUT2D eigenvalue weighted by Crippen LogP contribution is 2.34. The van der Waals surface area contributed by atoms with E-state index in [4.69, 9.17) is 4.74 Å². The number of amides is 2. The van der Waals surface area contributed by atoms with Gasteiger partial charge in [-0.05, 0) is 30.5 Å². The van der Waals surface area contributed by atoms with Crippen LogP contribution in [0.2, 0.25) is 0 Å². The van der Waals surface area contributed by atoms with Crippen LogP contribution in [0.15, 0.2) is 22.7 Å². The number of sulfone groups is 1. The van der Waals surface area contributed by atoms with Crippen LogP contribution in [-0.2, 0) is 19.4 Å². The molecule has 2 amide bonds. The number of halogens is 1. The highest BCUT2D eigenvalue weighted by molar-refractivity contribution is 9.10. The molecular formula is C15H17BrN2O5S. The molecule has 24 heavy (non-hydrogen) atoms. The number of nitrogens with zero attached hydrogens (tertiary/aromatic N) is 1. The van der Waals surface area contributed by atoms with Gasteiger partial charge in [-0.2, -0.15) is 0 Å². The molecule has 130 valence electrons. The predicted molar refractivity (Wildman–Crippen MR) is 91.8 cm³/mol. The van der Waals surface area contributed by atoms with Gasteiger partial charge in [0.25, 0.3) is 5.91 Å². The van der Waals surface area contributed by atoms with Crippen LogP contribution in [0.3, 0.4) is 0 Å². The van der Waals surface area contributed by atoms with Crippen molar-refractivity contribution in [2.75, 3.05) is 36.1 Å². The molecule has 0 radical (unpaired) electrons. The molecule has 7 nitrogen and oxygen atoms in total. The Morgan fingerprint density at radius 1 is 1.42 bits per heavy atom. The average Bonchev–Trinajstić information content (AvgIpc) is 2.87. The summed E-state index contributed by atoms with van der Waals surface area (Å²) in [6, 6.07) is 5.23. The summed E-state index contributed by atoms with van der Waals surface area (Å²) in [6.45, 7) is 0.0810. The molecule has 1 fully saturated rings. The van der Waals surface area contributed by atoms with Crippen LogP contribution in [0, 0.1) is 5.92 Å². The number of benzene rings is 1. The molecule has 1 N–H and O–H groups in total. The molecule has 1 aromatic rings. The minimum Gasteiger partial charge on any atom is -0.482 e. The smallest absolute Gasteiger partial charge is 0.265 e. The summed E-state index contributed by atoms with van der Waals surface area (Å²) in [7, 11) is -2.96. The normalized spacial score (nSPS) is 22.0. The van der Waals surface area contributed by atoms with Crippen LogP contribution < -0.4 is 15.0 Å². The third-order valence-corrected chi connectivity index (χ3v) is 6.41. The van der Waals surface area contributed by atoms with E-state index >= 15 is 0 Å². The zero-order chi connectivity index (χ0) is 17.3. The van der Waals surface area contributed by atoms with Crippen molar-refractivity contribution in [3.63, 3.8) is 0 Å². The second-order valence-corrected chi connectivity index (χ2v) is 9.10. The third kappa shape index (κ3) is 3.89. The van der Waals surface area contributed by atoms with Crippen molar-refractivity contribution in [1.29, 1.82) is 0 Å². The molecule has 1 saturated heterocycles. The standard InChI is InChI=1S/C15H17BrN2O5S/c16-11-1-2-12-13(5-11)23-8-15(20)18(12)7-14(19)17-6-10-3-4-24(21,22)9-10/h1-2,5,10H,3-4,6-9H2,(H,17,19). The fraction of sp³-hybridized carbons (Fsp3) is 0.467. The Morgan fingerprint density at radius 2 is 2.21 bits per heavy atom. The zero-order valence-corrected chi connectivity index (χ0v) is 15.2. The number of hydrogen-bond donors (Lipinski definition) is 1. The van der Waals surface area contributed by atoms with Gasteiger partial charge in [0.2, 0.25) is 5.91 Å². The molecule has 9 heteroatoms. The van der Waals surface area contributed by atoms with E-state index in [0.717, 1.165) is 4.47 Å². The minimum atomic E-state index is -2.96. The molecule has 2 aliphatic rings. The summed E-state index contributed by atoms with van der Waals surface area (Å²) < 4.78 is 29.0. The minimum absolute atomic E-state index is 0.0532. The number of rotatable bonds is 4. The summed E-state index contributed by atoms with van der Waals surface area (Å²) in [6.07, 6.45) is 0.565. The van der Waals surface area contributed by atoms with E-state index in [1.54, 1.807) is 18.2 Å². The number of carbonyl (C=O) groups is 2. The highest BCUT2D eigenvalue weighted by atomic mass is 79.9. The second kappa shape index (κ2) is 6.72. The highest BCUT2D eigenvalue weighted by Gasteiger charge is 2.30. The van der Waals surface area contributed by atoms with Gasteiger partial charge in [0.1, 0.15) is 12.3 Å². The van der Waals surface area contributed by atoms with Crippen molar-refractivity contribution >= 4 is 43.3 Å².